The summed E-state index contributed by atoms with van der Waals surface area (Å²) in [5.74, 6) is 6.19. The molecule has 0 fully saturated rings. The Hall–Kier alpha value is -1.59. The van der Waals surface area contributed by atoms with Crippen LogP contribution in [0.3, 0.4) is 0 Å². The van der Waals surface area contributed by atoms with Crippen molar-refractivity contribution in [3.63, 3.8) is 0 Å². The number of hydrogen-bond donors (Lipinski definition) is 0. The zero-order valence-corrected chi connectivity index (χ0v) is 10.2. The van der Waals surface area contributed by atoms with Crippen LogP contribution in [0.5, 0.6) is 0 Å². The van der Waals surface area contributed by atoms with E-state index in [2.05, 4.69) is 11.8 Å². The van der Waals surface area contributed by atoms with E-state index in [1.807, 2.05) is 37.3 Å². The Morgan fingerprint density at radius 1 is 1.35 bits per heavy atom. The lowest BCUT2D eigenvalue weighted by atomic mass is 10.1. The first-order valence-corrected chi connectivity index (χ1v) is 5.97. The molecule has 90 valence electrons. The highest BCUT2D eigenvalue weighted by Gasteiger charge is 2.04. The fourth-order valence-corrected chi connectivity index (χ4v) is 1.48. The van der Waals surface area contributed by atoms with Crippen LogP contribution < -0.4 is 0 Å². The molecular weight excluding hydrogens is 212 g/mol. The molecule has 17 heavy (non-hydrogen) atoms. The molecule has 0 N–H and O–H groups in total. The summed E-state index contributed by atoms with van der Waals surface area (Å²) in [7, 11) is 0. The van der Waals surface area contributed by atoms with Gasteiger partial charge in [-0.05, 0) is 31.9 Å². The minimum atomic E-state index is -0.265. The van der Waals surface area contributed by atoms with Gasteiger partial charge in [-0.3, -0.25) is 0 Å². The van der Waals surface area contributed by atoms with Crippen LogP contribution in [-0.4, -0.2) is 19.0 Å². The lowest BCUT2D eigenvalue weighted by Crippen LogP contribution is -2.13. The molecule has 0 aromatic heterocycles. The Morgan fingerprint density at radius 3 is 2.76 bits per heavy atom. The predicted molar refractivity (Wildman–Crippen MR) is 68.6 cm³/mol. The Morgan fingerprint density at radius 2 is 2.12 bits per heavy atom. The molecule has 0 aliphatic rings. The summed E-state index contributed by atoms with van der Waals surface area (Å²) in [6, 6.07) is 9.90. The molecule has 0 heterocycles. The zero-order valence-electron chi connectivity index (χ0n) is 10.2. The smallest absolute Gasteiger partial charge is 0.148 e. The zero-order chi connectivity index (χ0) is 12.3. The normalized spacial score (nSPS) is 11.4. The van der Waals surface area contributed by atoms with Crippen LogP contribution in [0.15, 0.2) is 30.3 Å². The van der Waals surface area contributed by atoms with Gasteiger partial charge in [-0.15, -0.1) is 0 Å². The van der Waals surface area contributed by atoms with Crippen LogP contribution in [0.25, 0.3) is 0 Å². The van der Waals surface area contributed by atoms with E-state index in [9.17, 15) is 4.79 Å². The summed E-state index contributed by atoms with van der Waals surface area (Å²) in [5.41, 5.74) is 1.03. The fourth-order valence-electron chi connectivity index (χ4n) is 1.48. The second-order valence-corrected chi connectivity index (χ2v) is 3.69. The number of aldehydes is 1. The standard InChI is InChI=1S/C15H18O2/c1-2-17-15(13-16)12-8-4-7-11-14-9-5-3-6-10-14/h3,5-6,9-10,13,15H,2,4,8,12H2,1H3. The van der Waals surface area contributed by atoms with Gasteiger partial charge < -0.3 is 9.53 Å². The van der Waals surface area contributed by atoms with Gasteiger partial charge in [0.05, 0.1) is 0 Å². The quantitative estimate of drug-likeness (QED) is 0.427. The summed E-state index contributed by atoms with van der Waals surface area (Å²) in [6.45, 7) is 2.48. The number of unbranched alkanes of at least 4 members (excludes halogenated alkanes) is 1. The number of rotatable bonds is 6. The van der Waals surface area contributed by atoms with Crippen LogP contribution in [0.4, 0.5) is 0 Å². The molecule has 1 atom stereocenters. The van der Waals surface area contributed by atoms with Crippen molar-refractivity contribution in [3.8, 4) is 11.8 Å². The van der Waals surface area contributed by atoms with E-state index >= 15 is 0 Å². The van der Waals surface area contributed by atoms with Gasteiger partial charge in [0.1, 0.15) is 12.4 Å². The molecule has 0 aliphatic heterocycles. The SMILES string of the molecule is CCOC(C=O)CCCC#Cc1ccccc1. The third kappa shape index (κ3) is 5.89. The number of hydrogen-bond acceptors (Lipinski definition) is 2. The van der Waals surface area contributed by atoms with E-state index in [1.165, 1.54) is 0 Å². The molecule has 1 aromatic rings. The molecule has 0 saturated heterocycles. The number of carbonyl (C=O) groups is 1. The monoisotopic (exact) mass is 230 g/mol. The van der Waals surface area contributed by atoms with E-state index in [-0.39, 0.29) is 6.10 Å². The van der Waals surface area contributed by atoms with Gasteiger partial charge in [-0.1, -0.05) is 30.0 Å². The molecule has 0 spiro atoms. The lowest BCUT2D eigenvalue weighted by Gasteiger charge is -2.07. The van der Waals surface area contributed by atoms with Gasteiger partial charge in [0.15, 0.2) is 0 Å². The molecule has 0 radical (unpaired) electrons. The van der Waals surface area contributed by atoms with E-state index in [0.29, 0.717) is 6.61 Å². The second-order valence-electron chi connectivity index (χ2n) is 3.69. The van der Waals surface area contributed by atoms with Gasteiger partial charge in [0.2, 0.25) is 0 Å². The minimum Gasteiger partial charge on any atom is -0.371 e. The molecule has 1 unspecified atom stereocenters. The maximum atomic E-state index is 10.6. The average Bonchev–Trinajstić information content (AvgIpc) is 2.38. The van der Waals surface area contributed by atoms with E-state index in [0.717, 1.165) is 31.1 Å². The van der Waals surface area contributed by atoms with Crippen LogP contribution in [0.1, 0.15) is 31.7 Å². The Labute approximate surface area is 103 Å². The molecule has 2 heteroatoms. The second kappa shape index (κ2) is 8.55. The van der Waals surface area contributed by atoms with Gasteiger partial charge in [-0.2, -0.15) is 0 Å². The summed E-state index contributed by atoms with van der Waals surface area (Å²) in [4.78, 5) is 10.6. The average molecular weight is 230 g/mol. The van der Waals surface area contributed by atoms with Crippen molar-refractivity contribution in [3.05, 3.63) is 35.9 Å². The Balaban J connectivity index is 2.24. The topological polar surface area (TPSA) is 26.3 Å². The van der Waals surface area contributed by atoms with Crippen LogP contribution in [-0.2, 0) is 9.53 Å². The van der Waals surface area contributed by atoms with Crippen molar-refractivity contribution in [2.45, 2.75) is 32.3 Å². The summed E-state index contributed by atoms with van der Waals surface area (Å²) < 4.78 is 5.24. The first kappa shape index (κ1) is 13.5. The van der Waals surface area contributed by atoms with Gasteiger partial charge >= 0.3 is 0 Å². The molecule has 0 aliphatic carbocycles. The number of carbonyl (C=O) groups excluding carboxylic acids is 1. The summed E-state index contributed by atoms with van der Waals surface area (Å²) in [6.07, 6.45) is 3.04. The van der Waals surface area contributed by atoms with Gasteiger partial charge in [0, 0.05) is 18.6 Å². The Bertz CT molecular complexity index is 373. The Kier molecular flexibility index (Phi) is 6.78. The lowest BCUT2D eigenvalue weighted by molar-refractivity contribution is -0.118. The molecule has 0 saturated carbocycles. The van der Waals surface area contributed by atoms with E-state index in [1.54, 1.807) is 0 Å². The van der Waals surface area contributed by atoms with Crippen LogP contribution in [0, 0.1) is 11.8 Å². The fraction of sp³-hybridized carbons (Fsp3) is 0.400. The third-order valence-corrected chi connectivity index (χ3v) is 2.33. The maximum absolute atomic E-state index is 10.6. The third-order valence-electron chi connectivity index (χ3n) is 2.33. The first-order valence-electron chi connectivity index (χ1n) is 5.97. The molecule has 0 amide bonds. The van der Waals surface area contributed by atoms with Crippen molar-refractivity contribution in [1.29, 1.82) is 0 Å². The van der Waals surface area contributed by atoms with Crippen molar-refractivity contribution in [2.75, 3.05) is 6.61 Å². The largest absolute Gasteiger partial charge is 0.371 e. The summed E-state index contributed by atoms with van der Waals surface area (Å²) in [5, 5.41) is 0. The number of benzene rings is 1. The number of ether oxygens (including phenoxy) is 1. The molecule has 2 nitrogen and oxygen atoms in total. The molecule has 0 bridgehead atoms. The van der Waals surface area contributed by atoms with Crippen LogP contribution >= 0.6 is 0 Å². The maximum Gasteiger partial charge on any atom is 0.148 e. The van der Waals surface area contributed by atoms with Gasteiger partial charge in [-0.25, -0.2) is 0 Å². The van der Waals surface area contributed by atoms with Crippen LogP contribution in [0.2, 0.25) is 0 Å². The highest BCUT2D eigenvalue weighted by molar-refractivity contribution is 5.55. The predicted octanol–water partition coefficient (Wildman–Crippen LogP) is 2.81. The minimum absolute atomic E-state index is 0.265. The van der Waals surface area contributed by atoms with Crippen molar-refractivity contribution in [1.82, 2.24) is 0 Å². The van der Waals surface area contributed by atoms with Crippen molar-refractivity contribution < 1.29 is 9.53 Å². The van der Waals surface area contributed by atoms with E-state index in [4.69, 9.17) is 4.74 Å². The summed E-state index contributed by atoms with van der Waals surface area (Å²) >= 11 is 0. The molecule has 1 aromatic carbocycles. The highest BCUT2D eigenvalue weighted by atomic mass is 16.5. The molecular formula is C15H18O2. The first-order chi connectivity index (χ1) is 8.36. The van der Waals surface area contributed by atoms with E-state index < -0.39 is 0 Å². The van der Waals surface area contributed by atoms with Gasteiger partial charge in [0.25, 0.3) is 0 Å². The molecule has 1 rings (SSSR count). The van der Waals surface area contributed by atoms with Crippen molar-refractivity contribution >= 4 is 6.29 Å². The highest BCUT2D eigenvalue weighted by Crippen LogP contribution is 2.03. The van der Waals surface area contributed by atoms with Crippen molar-refractivity contribution in [2.24, 2.45) is 0 Å².